The molecule has 0 saturated carbocycles. The molecule has 3 N–H and O–H groups in total. The van der Waals surface area contributed by atoms with Gasteiger partial charge >= 0.3 is 0 Å². The van der Waals surface area contributed by atoms with Gasteiger partial charge in [0.15, 0.2) is 0 Å². The normalized spacial score (nSPS) is 12.1. The molecular formula is C14H16ClN3. The van der Waals surface area contributed by atoms with Crippen LogP contribution in [0, 0.1) is 0 Å². The highest BCUT2D eigenvalue weighted by Crippen LogP contribution is 2.20. The minimum Gasteiger partial charge on any atom is -0.396 e. The molecule has 94 valence electrons. The Balaban J connectivity index is 2.01. The summed E-state index contributed by atoms with van der Waals surface area (Å²) in [6, 6.07) is 12.3. The molecule has 1 atom stereocenters. The Morgan fingerprint density at radius 1 is 1.33 bits per heavy atom. The molecule has 0 radical (unpaired) electrons. The van der Waals surface area contributed by atoms with Crippen molar-refractivity contribution in [3.8, 4) is 0 Å². The van der Waals surface area contributed by atoms with Crippen molar-refractivity contribution in [2.75, 3.05) is 11.1 Å². The molecule has 0 fully saturated rings. The van der Waals surface area contributed by atoms with Crippen molar-refractivity contribution >= 4 is 23.1 Å². The van der Waals surface area contributed by atoms with Gasteiger partial charge in [-0.05, 0) is 25.0 Å². The van der Waals surface area contributed by atoms with Gasteiger partial charge < -0.3 is 11.1 Å². The lowest BCUT2D eigenvalue weighted by Gasteiger charge is -2.16. The average molecular weight is 262 g/mol. The number of aromatic nitrogens is 1. The van der Waals surface area contributed by atoms with Gasteiger partial charge in [-0.2, -0.15) is 0 Å². The maximum Gasteiger partial charge on any atom is 0.149 e. The molecule has 3 nitrogen and oxygen atoms in total. The molecule has 18 heavy (non-hydrogen) atoms. The summed E-state index contributed by atoms with van der Waals surface area (Å²) in [7, 11) is 0. The molecule has 0 aliphatic rings. The van der Waals surface area contributed by atoms with Crippen LogP contribution < -0.4 is 11.1 Å². The molecule has 1 unspecified atom stereocenters. The lowest BCUT2D eigenvalue weighted by Crippen LogP contribution is -2.19. The summed E-state index contributed by atoms with van der Waals surface area (Å²) in [5.74, 6) is 0.683. The van der Waals surface area contributed by atoms with Crippen LogP contribution in [0.25, 0.3) is 0 Å². The first-order valence-electron chi connectivity index (χ1n) is 5.86. The highest BCUT2D eigenvalue weighted by atomic mass is 35.5. The van der Waals surface area contributed by atoms with Gasteiger partial charge in [-0.25, -0.2) is 4.98 Å². The molecule has 0 aliphatic carbocycles. The first-order valence-corrected chi connectivity index (χ1v) is 6.24. The summed E-state index contributed by atoms with van der Waals surface area (Å²) in [5, 5.41) is 3.84. The lowest BCUT2D eigenvalue weighted by atomic mass is 10.1. The van der Waals surface area contributed by atoms with Crippen LogP contribution in [0.3, 0.4) is 0 Å². The molecule has 0 bridgehead atoms. The van der Waals surface area contributed by atoms with Gasteiger partial charge in [0.25, 0.3) is 0 Å². The summed E-state index contributed by atoms with van der Waals surface area (Å²) in [6.45, 7) is 2.10. The zero-order valence-electron chi connectivity index (χ0n) is 10.2. The van der Waals surface area contributed by atoms with E-state index in [0.717, 1.165) is 6.42 Å². The smallest absolute Gasteiger partial charge is 0.149 e. The van der Waals surface area contributed by atoms with Crippen LogP contribution in [0.2, 0.25) is 5.02 Å². The van der Waals surface area contributed by atoms with E-state index < -0.39 is 0 Å². The Labute approximate surface area is 112 Å². The summed E-state index contributed by atoms with van der Waals surface area (Å²) >= 11 is 5.81. The second-order valence-electron chi connectivity index (χ2n) is 4.33. The Kier molecular flexibility index (Phi) is 4.05. The summed E-state index contributed by atoms with van der Waals surface area (Å²) in [5.41, 5.74) is 7.71. The predicted octanol–water partition coefficient (Wildman–Crippen LogP) is 3.36. The summed E-state index contributed by atoms with van der Waals surface area (Å²) in [6.07, 6.45) is 2.51. The number of hydrogen-bond donors (Lipinski definition) is 2. The number of halogens is 1. The number of nitrogens with zero attached hydrogens (tertiary/aromatic N) is 1. The first kappa shape index (κ1) is 12.7. The van der Waals surface area contributed by atoms with E-state index >= 15 is 0 Å². The van der Waals surface area contributed by atoms with Crippen molar-refractivity contribution in [1.29, 1.82) is 0 Å². The largest absolute Gasteiger partial charge is 0.396 e. The SMILES string of the molecule is CC(Cc1ccccc1)Nc1ncc(Cl)cc1N. The van der Waals surface area contributed by atoms with Gasteiger partial charge in [-0.3, -0.25) is 0 Å². The molecule has 0 spiro atoms. The van der Waals surface area contributed by atoms with E-state index in [1.165, 1.54) is 5.56 Å². The third-order valence-corrected chi connectivity index (χ3v) is 2.86. The molecule has 2 rings (SSSR count). The molecule has 1 heterocycles. The van der Waals surface area contributed by atoms with Crippen LogP contribution in [0.5, 0.6) is 0 Å². The van der Waals surface area contributed by atoms with Crippen molar-refractivity contribution in [2.24, 2.45) is 0 Å². The van der Waals surface area contributed by atoms with Crippen molar-refractivity contribution in [1.82, 2.24) is 4.98 Å². The number of nitrogens with one attached hydrogen (secondary N) is 1. The van der Waals surface area contributed by atoms with Gasteiger partial charge in [-0.1, -0.05) is 41.9 Å². The fourth-order valence-corrected chi connectivity index (χ4v) is 1.99. The fourth-order valence-electron chi connectivity index (χ4n) is 1.83. The summed E-state index contributed by atoms with van der Waals surface area (Å²) < 4.78 is 0. The van der Waals surface area contributed by atoms with Gasteiger partial charge in [-0.15, -0.1) is 0 Å². The monoisotopic (exact) mass is 261 g/mol. The van der Waals surface area contributed by atoms with Crippen molar-refractivity contribution in [3.05, 3.63) is 53.2 Å². The number of nitrogens with two attached hydrogens (primary N) is 1. The molecule has 2 aromatic rings. The maximum atomic E-state index is 5.85. The van der Waals surface area contributed by atoms with E-state index in [2.05, 4.69) is 29.4 Å². The summed E-state index contributed by atoms with van der Waals surface area (Å²) in [4.78, 5) is 4.19. The number of hydrogen-bond acceptors (Lipinski definition) is 3. The molecule has 0 saturated heterocycles. The minimum atomic E-state index is 0.253. The van der Waals surface area contributed by atoms with E-state index in [-0.39, 0.29) is 6.04 Å². The second kappa shape index (κ2) is 5.74. The van der Waals surface area contributed by atoms with Crippen LogP contribution in [-0.4, -0.2) is 11.0 Å². The third-order valence-electron chi connectivity index (χ3n) is 2.65. The number of benzene rings is 1. The van der Waals surface area contributed by atoms with Crippen LogP contribution in [-0.2, 0) is 6.42 Å². The van der Waals surface area contributed by atoms with Crippen molar-refractivity contribution < 1.29 is 0 Å². The Hall–Kier alpha value is -1.74. The molecule has 4 heteroatoms. The highest BCUT2D eigenvalue weighted by molar-refractivity contribution is 6.30. The van der Waals surface area contributed by atoms with Crippen molar-refractivity contribution in [2.45, 2.75) is 19.4 Å². The predicted molar refractivity (Wildman–Crippen MR) is 76.9 cm³/mol. The van der Waals surface area contributed by atoms with Crippen LogP contribution in [0.4, 0.5) is 11.5 Å². The van der Waals surface area contributed by atoms with Gasteiger partial charge in [0.05, 0.1) is 10.7 Å². The third kappa shape index (κ3) is 3.37. The van der Waals surface area contributed by atoms with E-state index in [1.807, 2.05) is 18.2 Å². The Bertz CT molecular complexity index is 514. The average Bonchev–Trinajstić information content (AvgIpc) is 2.34. The zero-order chi connectivity index (χ0) is 13.0. The maximum absolute atomic E-state index is 5.85. The molecule has 1 aromatic carbocycles. The van der Waals surface area contributed by atoms with Crippen molar-refractivity contribution in [3.63, 3.8) is 0 Å². The van der Waals surface area contributed by atoms with E-state index in [0.29, 0.717) is 16.5 Å². The van der Waals surface area contributed by atoms with Crippen LogP contribution in [0.1, 0.15) is 12.5 Å². The Morgan fingerprint density at radius 2 is 2.06 bits per heavy atom. The number of pyridine rings is 1. The standard InChI is InChI=1S/C14H16ClN3/c1-10(7-11-5-3-2-4-6-11)18-14-13(16)8-12(15)9-17-14/h2-6,8-10H,7,16H2,1H3,(H,17,18). The van der Waals surface area contributed by atoms with Gasteiger partial charge in [0, 0.05) is 12.2 Å². The fraction of sp³-hybridized carbons (Fsp3) is 0.214. The highest BCUT2D eigenvalue weighted by Gasteiger charge is 2.07. The number of anilines is 2. The zero-order valence-corrected chi connectivity index (χ0v) is 11.0. The van der Waals surface area contributed by atoms with Crippen LogP contribution >= 0.6 is 11.6 Å². The van der Waals surface area contributed by atoms with Gasteiger partial charge in [0.2, 0.25) is 0 Å². The lowest BCUT2D eigenvalue weighted by molar-refractivity contribution is 0.785. The topological polar surface area (TPSA) is 50.9 Å². The van der Waals surface area contributed by atoms with Crippen LogP contribution in [0.15, 0.2) is 42.6 Å². The minimum absolute atomic E-state index is 0.253. The second-order valence-corrected chi connectivity index (χ2v) is 4.76. The molecule has 0 amide bonds. The molecule has 1 aromatic heterocycles. The van der Waals surface area contributed by atoms with E-state index in [4.69, 9.17) is 17.3 Å². The first-order chi connectivity index (χ1) is 8.65. The quantitative estimate of drug-likeness (QED) is 0.887. The molecular weight excluding hydrogens is 246 g/mol. The number of nitrogen functional groups attached to an aromatic ring is 1. The molecule has 0 aliphatic heterocycles. The number of rotatable bonds is 4. The van der Waals surface area contributed by atoms with Gasteiger partial charge in [0.1, 0.15) is 5.82 Å². The Morgan fingerprint density at radius 3 is 2.72 bits per heavy atom. The van der Waals surface area contributed by atoms with E-state index in [9.17, 15) is 0 Å². The van der Waals surface area contributed by atoms with E-state index in [1.54, 1.807) is 12.3 Å².